The number of aryl methyl sites for hydroxylation is 1. The fraction of sp³-hybridized carbons (Fsp3) is 0.640. The Morgan fingerprint density at radius 1 is 1.06 bits per heavy atom. The van der Waals surface area contributed by atoms with Crippen LogP contribution in [0.1, 0.15) is 45.6 Å². The zero-order valence-electron chi connectivity index (χ0n) is 20.9. The van der Waals surface area contributed by atoms with Gasteiger partial charge in [-0.1, -0.05) is 12.1 Å². The fourth-order valence-electron chi connectivity index (χ4n) is 4.45. The standard InChI is InChI=1S/C25H38N4O5/c1-25(2,3)34-24(32)21-10-12-26(13-11-21)27-14-16-28(17-15-27)29(19-30)22-7-5-6-20(18-22)8-9-23(31)33-4/h5-7,18-19,21H,8-17H2,1-4H3. The quantitative estimate of drug-likeness (QED) is 0.419. The molecule has 2 aliphatic heterocycles. The van der Waals surface area contributed by atoms with Gasteiger partial charge in [-0.3, -0.25) is 14.4 Å². The summed E-state index contributed by atoms with van der Waals surface area (Å²) in [5.41, 5.74) is 1.33. The number of anilines is 1. The molecule has 188 valence electrons. The second-order valence-electron chi connectivity index (χ2n) is 9.86. The van der Waals surface area contributed by atoms with Gasteiger partial charge in [-0.15, -0.1) is 0 Å². The number of esters is 2. The van der Waals surface area contributed by atoms with Gasteiger partial charge >= 0.3 is 11.9 Å². The molecule has 34 heavy (non-hydrogen) atoms. The van der Waals surface area contributed by atoms with Gasteiger partial charge in [0.1, 0.15) is 5.60 Å². The van der Waals surface area contributed by atoms with Gasteiger partial charge in [0.05, 0.1) is 18.7 Å². The lowest BCUT2D eigenvalue weighted by Gasteiger charge is -2.45. The van der Waals surface area contributed by atoms with Crippen molar-refractivity contribution in [2.45, 2.75) is 52.1 Å². The first-order valence-corrected chi connectivity index (χ1v) is 12.1. The highest BCUT2D eigenvalue weighted by Gasteiger charge is 2.32. The third-order valence-corrected chi connectivity index (χ3v) is 6.27. The predicted octanol–water partition coefficient (Wildman–Crippen LogP) is 2.26. The average Bonchev–Trinajstić information content (AvgIpc) is 2.83. The molecule has 2 heterocycles. The lowest BCUT2D eigenvalue weighted by Crippen LogP contribution is -2.59. The molecule has 2 aliphatic rings. The Balaban J connectivity index is 1.50. The smallest absolute Gasteiger partial charge is 0.309 e. The first kappa shape index (κ1) is 26.1. The molecule has 9 nitrogen and oxygen atoms in total. The van der Waals surface area contributed by atoms with Crippen molar-refractivity contribution in [3.8, 4) is 0 Å². The normalized spacial score (nSPS) is 18.9. The van der Waals surface area contributed by atoms with E-state index in [0.717, 1.165) is 69.8 Å². The van der Waals surface area contributed by atoms with Crippen molar-refractivity contribution >= 4 is 24.0 Å². The number of hydrazine groups is 2. The van der Waals surface area contributed by atoms with Crippen molar-refractivity contribution < 1.29 is 23.9 Å². The van der Waals surface area contributed by atoms with Gasteiger partial charge in [0.25, 0.3) is 0 Å². The van der Waals surface area contributed by atoms with Crippen LogP contribution >= 0.6 is 0 Å². The summed E-state index contributed by atoms with van der Waals surface area (Å²) in [4.78, 5) is 35.8. The summed E-state index contributed by atoms with van der Waals surface area (Å²) in [5, 5.41) is 8.37. The van der Waals surface area contributed by atoms with Crippen molar-refractivity contribution in [1.29, 1.82) is 0 Å². The number of piperidine rings is 1. The Kier molecular flexibility index (Phi) is 9.04. The molecule has 0 aromatic heterocycles. The van der Waals surface area contributed by atoms with E-state index in [0.29, 0.717) is 12.8 Å². The second kappa shape index (κ2) is 11.8. The summed E-state index contributed by atoms with van der Waals surface area (Å²) >= 11 is 0. The van der Waals surface area contributed by atoms with E-state index in [9.17, 15) is 14.4 Å². The third-order valence-electron chi connectivity index (χ3n) is 6.27. The molecule has 0 saturated carbocycles. The van der Waals surface area contributed by atoms with E-state index in [2.05, 4.69) is 15.0 Å². The minimum Gasteiger partial charge on any atom is -0.469 e. The van der Waals surface area contributed by atoms with Gasteiger partial charge in [0, 0.05) is 45.7 Å². The minimum absolute atomic E-state index is 0.0335. The van der Waals surface area contributed by atoms with Crippen LogP contribution in [-0.2, 0) is 30.3 Å². The SMILES string of the molecule is COC(=O)CCc1cccc(N(C=O)N2CCN(N3CCC(C(=O)OC(C)(C)C)CC3)CC2)c1. The maximum Gasteiger partial charge on any atom is 0.309 e. The highest BCUT2D eigenvalue weighted by atomic mass is 16.6. The molecule has 2 fully saturated rings. The number of carbonyl (C=O) groups excluding carboxylic acids is 3. The molecule has 0 N–H and O–H groups in total. The summed E-state index contributed by atoms with van der Waals surface area (Å²) < 4.78 is 10.3. The number of methoxy groups -OCH3 is 1. The van der Waals surface area contributed by atoms with Crippen molar-refractivity contribution in [2.24, 2.45) is 5.92 Å². The average molecular weight is 475 g/mol. The molecule has 1 aromatic carbocycles. The summed E-state index contributed by atoms with van der Waals surface area (Å²) in [6.45, 7) is 10.4. The van der Waals surface area contributed by atoms with Crippen LogP contribution in [0.3, 0.4) is 0 Å². The van der Waals surface area contributed by atoms with Crippen LogP contribution in [-0.4, -0.2) is 85.4 Å². The van der Waals surface area contributed by atoms with Crippen LogP contribution < -0.4 is 5.01 Å². The van der Waals surface area contributed by atoms with E-state index in [1.54, 1.807) is 5.01 Å². The number of nitrogens with zero attached hydrogens (tertiary/aromatic N) is 4. The Morgan fingerprint density at radius 3 is 2.29 bits per heavy atom. The van der Waals surface area contributed by atoms with Crippen molar-refractivity contribution in [2.75, 3.05) is 51.4 Å². The molecule has 9 heteroatoms. The molecular weight excluding hydrogens is 436 g/mol. The molecule has 0 aliphatic carbocycles. The molecule has 2 saturated heterocycles. The lowest BCUT2D eigenvalue weighted by atomic mass is 9.97. The van der Waals surface area contributed by atoms with Gasteiger partial charge < -0.3 is 9.47 Å². The highest BCUT2D eigenvalue weighted by Crippen LogP contribution is 2.24. The molecule has 0 unspecified atom stereocenters. The number of benzene rings is 1. The summed E-state index contributed by atoms with van der Waals surface area (Å²) in [7, 11) is 1.38. The van der Waals surface area contributed by atoms with Crippen LogP contribution in [0.2, 0.25) is 0 Å². The first-order chi connectivity index (χ1) is 16.2. The zero-order valence-corrected chi connectivity index (χ0v) is 20.9. The van der Waals surface area contributed by atoms with Gasteiger partial charge in [0.15, 0.2) is 0 Å². The van der Waals surface area contributed by atoms with Crippen LogP contribution in [0, 0.1) is 5.92 Å². The van der Waals surface area contributed by atoms with E-state index in [1.807, 2.05) is 45.0 Å². The number of rotatable bonds is 8. The molecule has 1 aromatic rings. The molecule has 3 rings (SSSR count). The molecule has 0 radical (unpaired) electrons. The number of piperazine rings is 1. The number of hydrogen-bond acceptors (Lipinski definition) is 8. The molecule has 1 amide bonds. The van der Waals surface area contributed by atoms with E-state index < -0.39 is 5.60 Å². The molecule has 0 atom stereocenters. The van der Waals surface area contributed by atoms with Gasteiger partial charge in [-0.25, -0.2) is 20.0 Å². The van der Waals surface area contributed by atoms with Crippen molar-refractivity contribution in [3.05, 3.63) is 29.8 Å². The first-order valence-electron chi connectivity index (χ1n) is 12.1. The zero-order chi connectivity index (χ0) is 24.7. The summed E-state index contributed by atoms with van der Waals surface area (Å²) in [6.07, 6.45) is 3.33. The largest absolute Gasteiger partial charge is 0.469 e. The molecule has 0 spiro atoms. The number of carbonyl (C=O) groups is 3. The Labute approximate surface area is 202 Å². The number of hydrogen-bond donors (Lipinski definition) is 0. The highest BCUT2D eigenvalue weighted by molar-refractivity contribution is 5.74. The van der Waals surface area contributed by atoms with Gasteiger partial charge in [-0.2, -0.15) is 0 Å². The maximum absolute atomic E-state index is 12.4. The van der Waals surface area contributed by atoms with E-state index in [4.69, 9.17) is 9.47 Å². The van der Waals surface area contributed by atoms with Gasteiger partial charge in [0.2, 0.25) is 6.41 Å². The van der Waals surface area contributed by atoms with Crippen LogP contribution in [0.15, 0.2) is 24.3 Å². The molecule has 0 bridgehead atoms. The predicted molar refractivity (Wildman–Crippen MR) is 129 cm³/mol. The third kappa shape index (κ3) is 7.25. The van der Waals surface area contributed by atoms with E-state index in [-0.39, 0.29) is 17.9 Å². The maximum atomic E-state index is 12.4. The number of amides is 1. The van der Waals surface area contributed by atoms with E-state index >= 15 is 0 Å². The Bertz CT molecular complexity index is 840. The minimum atomic E-state index is -0.449. The van der Waals surface area contributed by atoms with Crippen LogP contribution in [0.4, 0.5) is 5.69 Å². The Morgan fingerprint density at radius 2 is 1.71 bits per heavy atom. The fourth-order valence-corrected chi connectivity index (χ4v) is 4.45. The summed E-state index contributed by atoms with van der Waals surface area (Å²) in [5.74, 6) is -0.370. The lowest BCUT2D eigenvalue weighted by molar-refractivity contribution is -0.164. The molecular formula is C25H38N4O5. The monoisotopic (exact) mass is 474 g/mol. The van der Waals surface area contributed by atoms with Crippen LogP contribution in [0.5, 0.6) is 0 Å². The van der Waals surface area contributed by atoms with Crippen molar-refractivity contribution in [3.63, 3.8) is 0 Å². The topological polar surface area (TPSA) is 82.6 Å². The Hall–Kier alpha value is -2.49. The van der Waals surface area contributed by atoms with Crippen molar-refractivity contribution in [1.82, 2.24) is 15.0 Å². The van der Waals surface area contributed by atoms with Crippen LogP contribution in [0.25, 0.3) is 0 Å². The number of ether oxygens (including phenoxy) is 2. The second-order valence-corrected chi connectivity index (χ2v) is 9.86. The summed E-state index contributed by atoms with van der Waals surface area (Å²) in [6, 6.07) is 7.72. The van der Waals surface area contributed by atoms with E-state index in [1.165, 1.54) is 7.11 Å². The van der Waals surface area contributed by atoms with Gasteiger partial charge in [-0.05, 0) is 57.7 Å².